The fourth-order valence-corrected chi connectivity index (χ4v) is 0.355. The number of hydrogen-bond acceptors (Lipinski definition) is 2. The zero-order valence-electron chi connectivity index (χ0n) is 5.06. The van der Waals surface area contributed by atoms with Crippen molar-refractivity contribution < 1.29 is 9.53 Å². The molecule has 0 bridgehead atoms. The van der Waals surface area contributed by atoms with Crippen molar-refractivity contribution in [2.24, 2.45) is 0 Å². The van der Waals surface area contributed by atoms with Gasteiger partial charge in [0.15, 0.2) is 5.22 Å². The summed E-state index contributed by atoms with van der Waals surface area (Å²) in [6.07, 6.45) is 2.82. The minimum absolute atomic E-state index is 0.113. The molecule has 0 unspecified atom stereocenters. The molecule has 0 atom stereocenters. The zero-order valence-corrected chi connectivity index (χ0v) is 5.81. The lowest BCUT2D eigenvalue weighted by atomic mass is 10.5. The van der Waals surface area contributed by atoms with Crippen LogP contribution < -0.4 is 0 Å². The number of hydrogen-bond donors (Lipinski definition) is 0. The highest BCUT2D eigenvalue weighted by Gasteiger charge is 1.94. The molecule has 2 nitrogen and oxygen atoms in total. The van der Waals surface area contributed by atoms with E-state index in [1.54, 1.807) is 13.0 Å². The smallest absolute Gasteiger partial charge is 0.336 e. The average molecular weight is 147 g/mol. The fraction of sp³-hybridized carbons (Fsp3) is 0.167. The summed E-state index contributed by atoms with van der Waals surface area (Å²) in [5.41, 5.74) is 0. The number of carbonyl (C=O) groups excluding carboxylic acids is 1. The van der Waals surface area contributed by atoms with Gasteiger partial charge in [-0.3, -0.25) is 0 Å². The van der Waals surface area contributed by atoms with Crippen LogP contribution in [0.25, 0.3) is 0 Å². The summed E-state index contributed by atoms with van der Waals surface area (Å²) >= 11 is 5.14. The molecule has 50 valence electrons. The molecule has 0 spiro atoms. The highest BCUT2D eigenvalue weighted by molar-refractivity contribution is 6.28. The Bertz CT molecular complexity index is 149. The SMILES string of the molecule is C=C(Cl)OC(=O)C=CC. The van der Waals surface area contributed by atoms with Gasteiger partial charge in [0, 0.05) is 6.08 Å². The van der Waals surface area contributed by atoms with E-state index in [-0.39, 0.29) is 5.22 Å². The zero-order chi connectivity index (χ0) is 7.28. The maximum absolute atomic E-state index is 10.4. The Balaban J connectivity index is 3.64. The van der Waals surface area contributed by atoms with Gasteiger partial charge in [0.05, 0.1) is 0 Å². The molecule has 3 heteroatoms. The number of halogens is 1. The molecule has 0 radical (unpaired) electrons. The van der Waals surface area contributed by atoms with Crippen molar-refractivity contribution in [3.05, 3.63) is 23.9 Å². The Morgan fingerprint density at radius 2 is 2.33 bits per heavy atom. The Hall–Kier alpha value is -0.760. The van der Waals surface area contributed by atoms with E-state index >= 15 is 0 Å². The highest BCUT2D eigenvalue weighted by Crippen LogP contribution is 1.98. The fourth-order valence-electron chi connectivity index (χ4n) is 0.279. The van der Waals surface area contributed by atoms with E-state index in [9.17, 15) is 4.79 Å². The van der Waals surface area contributed by atoms with Gasteiger partial charge in [0.1, 0.15) is 0 Å². The van der Waals surface area contributed by atoms with Crippen molar-refractivity contribution in [3.63, 3.8) is 0 Å². The van der Waals surface area contributed by atoms with Crippen molar-refractivity contribution in [2.75, 3.05) is 0 Å². The molecule has 0 aliphatic carbocycles. The molecule has 0 N–H and O–H groups in total. The second-order valence-corrected chi connectivity index (χ2v) is 1.70. The molecule has 0 saturated carbocycles. The predicted molar refractivity (Wildman–Crippen MR) is 35.9 cm³/mol. The third kappa shape index (κ3) is 5.11. The molecule has 0 fully saturated rings. The maximum Gasteiger partial charge on any atom is 0.336 e. The van der Waals surface area contributed by atoms with Gasteiger partial charge in [-0.2, -0.15) is 0 Å². The normalized spacial score (nSPS) is 9.56. The van der Waals surface area contributed by atoms with Gasteiger partial charge >= 0.3 is 5.97 Å². The van der Waals surface area contributed by atoms with E-state index in [1.807, 2.05) is 0 Å². The van der Waals surface area contributed by atoms with Crippen molar-refractivity contribution in [1.29, 1.82) is 0 Å². The summed E-state index contributed by atoms with van der Waals surface area (Å²) in [6, 6.07) is 0. The van der Waals surface area contributed by atoms with E-state index in [2.05, 4.69) is 11.3 Å². The minimum Gasteiger partial charge on any atom is -0.412 e. The number of allylic oxidation sites excluding steroid dienone is 1. The first kappa shape index (κ1) is 8.24. The van der Waals surface area contributed by atoms with Gasteiger partial charge < -0.3 is 4.74 Å². The molecule has 0 aliphatic rings. The van der Waals surface area contributed by atoms with Gasteiger partial charge in [0.2, 0.25) is 0 Å². The lowest BCUT2D eigenvalue weighted by Crippen LogP contribution is -1.94. The number of ether oxygens (including phenoxy) is 1. The standard InChI is InChI=1S/C6H7ClO2/c1-3-4-6(8)9-5(2)7/h3-4H,2H2,1H3. The van der Waals surface area contributed by atoms with E-state index in [4.69, 9.17) is 11.6 Å². The first-order valence-electron chi connectivity index (χ1n) is 2.35. The summed E-state index contributed by atoms with van der Waals surface area (Å²) in [7, 11) is 0. The number of rotatable bonds is 2. The monoisotopic (exact) mass is 146 g/mol. The van der Waals surface area contributed by atoms with E-state index in [0.717, 1.165) is 0 Å². The molecule has 9 heavy (non-hydrogen) atoms. The molecule has 0 aromatic rings. The van der Waals surface area contributed by atoms with E-state index < -0.39 is 5.97 Å². The molecule has 0 aromatic carbocycles. The molecule has 0 aromatic heterocycles. The van der Waals surface area contributed by atoms with Crippen molar-refractivity contribution in [1.82, 2.24) is 0 Å². The van der Waals surface area contributed by atoms with E-state index in [0.29, 0.717) is 0 Å². The van der Waals surface area contributed by atoms with Crippen LogP contribution in [-0.4, -0.2) is 5.97 Å². The molecule has 0 saturated heterocycles. The number of carbonyl (C=O) groups is 1. The van der Waals surface area contributed by atoms with Crippen molar-refractivity contribution in [2.45, 2.75) is 6.92 Å². The highest BCUT2D eigenvalue weighted by atomic mass is 35.5. The first-order chi connectivity index (χ1) is 4.16. The van der Waals surface area contributed by atoms with Crippen LogP contribution in [0.15, 0.2) is 23.9 Å². The van der Waals surface area contributed by atoms with Gasteiger partial charge in [-0.1, -0.05) is 6.08 Å². The molecule has 0 heterocycles. The summed E-state index contributed by atoms with van der Waals surface area (Å²) in [6.45, 7) is 4.87. The molecule has 0 aliphatic heterocycles. The first-order valence-corrected chi connectivity index (χ1v) is 2.73. The third-order valence-electron chi connectivity index (χ3n) is 0.514. The summed E-state index contributed by atoms with van der Waals surface area (Å²) in [5.74, 6) is -0.502. The molecule has 0 amide bonds. The second-order valence-electron chi connectivity index (χ2n) is 1.28. The van der Waals surface area contributed by atoms with Gasteiger partial charge in [-0.25, -0.2) is 4.79 Å². The summed E-state index contributed by atoms with van der Waals surface area (Å²) in [5, 5.41) is -0.113. The third-order valence-corrected chi connectivity index (χ3v) is 0.591. The summed E-state index contributed by atoms with van der Waals surface area (Å²) < 4.78 is 4.34. The summed E-state index contributed by atoms with van der Waals surface area (Å²) in [4.78, 5) is 10.4. The largest absolute Gasteiger partial charge is 0.412 e. The van der Waals surface area contributed by atoms with Crippen LogP contribution in [0.4, 0.5) is 0 Å². The Morgan fingerprint density at radius 1 is 1.78 bits per heavy atom. The molecule has 0 rings (SSSR count). The van der Waals surface area contributed by atoms with Crippen LogP contribution in [0, 0.1) is 0 Å². The molecular formula is C6H7ClO2. The maximum atomic E-state index is 10.4. The predicted octanol–water partition coefficient (Wildman–Crippen LogP) is 1.82. The second kappa shape index (κ2) is 4.15. The lowest BCUT2D eigenvalue weighted by Gasteiger charge is -1.92. The van der Waals surface area contributed by atoms with Crippen LogP contribution in [0.5, 0.6) is 0 Å². The van der Waals surface area contributed by atoms with E-state index in [1.165, 1.54) is 6.08 Å². The Morgan fingerprint density at radius 3 is 2.67 bits per heavy atom. The Kier molecular flexibility index (Phi) is 3.80. The van der Waals surface area contributed by atoms with Crippen LogP contribution in [0.2, 0.25) is 0 Å². The van der Waals surface area contributed by atoms with Crippen LogP contribution in [0.3, 0.4) is 0 Å². The quantitative estimate of drug-likeness (QED) is 0.338. The van der Waals surface area contributed by atoms with Crippen LogP contribution in [-0.2, 0) is 9.53 Å². The van der Waals surface area contributed by atoms with Crippen LogP contribution in [0.1, 0.15) is 6.92 Å². The Labute approximate surface area is 58.8 Å². The van der Waals surface area contributed by atoms with Gasteiger partial charge in [-0.15, -0.1) is 0 Å². The average Bonchev–Trinajstić information content (AvgIpc) is 1.63. The number of esters is 1. The topological polar surface area (TPSA) is 26.3 Å². The minimum atomic E-state index is -0.502. The van der Waals surface area contributed by atoms with Crippen molar-refractivity contribution >= 4 is 17.6 Å². The van der Waals surface area contributed by atoms with Gasteiger partial charge in [0.25, 0.3) is 0 Å². The lowest BCUT2D eigenvalue weighted by molar-refractivity contribution is -0.132. The van der Waals surface area contributed by atoms with Gasteiger partial charge in [-0.05, 0) is 25.1 Å². The van der Waals surface area contributed by atoms with Crippen molar-refractivity contribution in [3.8, 4) is 0 Å². The molecular weight excluding hydrogens is 140 g/mol. The van der Waals surface area contributed by atoms with Crippen LogP contribution >= 0.6 is 11.6 Å².